The van der Waals surface area contributed by atoms with Gasteiger partial charge in [0.05, 0.1) is 5.75 Å². The Balaban J connectivity index is 2.59. The molecule has 0 saturated carbocycles. The van der Waals surface area contributed by atoms with Crippen LogP contribution in [-0.4, -0.2) is 35.7 Å². The highest BCUT2D eigenvalue weighted by atomic mass is 32.2. The molecule has 0 aromatic carbocycles. The fraction of sp³-hybridized carbons (Fsp3) is 0.500. The maximum Gasteiger partial charge on any atom is 0.250 e. The molecule has 18 heavy (non-hydrogen) atoms. The van der Waals surface area contributed by atoms with Crippen molar-refractivity contribution < 1.29 is 16.8 Å². The van der Waals surface area contributed by atoms with E-state index in [-0.39, 0.29) is 23.1 Å². The number of nitrogens with two attached hydrogens (primary N) is 1. The molecule has 4 N–H and O–H groups in total. The molecule has 0 aliphatic rings. The summed E-state index contributed by atoms with van der Waals surface area (Å²) in [4.78, 5) is 0. The Bertz CT molecular complexity index is 591. The molecule has 0 spiro atoms. The zero-order valence-corrected chi connectivity index (χ0v) is 12.2. The van der Waals surface area contributed by atoms with E-state index < -0.39 is 20.0 Å². The summed E-state index contributed by atoms with van der Waals surface area (Å²) in [6.07, 6.45) is 0. The lowest BCUT2D eigenvalue weighted by Crippen LogP contribution is -2.34. The number of nitrogen functional groups attached to an aromatic ring is 1. The zero-order valence-electron chi connectivity index (χ0n) is 9.71. The maximum absolute atomic E-state index is 11.7. The third kappa shape index (κ3) is 4.53. The summed E-state index contributed by atoms with van der Waals surface area (Å²) in [5, 5.41) is 1.50. The third-order valence-corrected chi connectivity index (χ3v) is 6.28. The summed E-state index contributed by atoms with van der Waals surface area (Å²) in [5.74, 6) is -0.305. The minimum absolute atomic E-state index is 0.0702. The van der Waals surface area contributed by atoms with Crippen molar-refractivity contribution in [1.82, 2.24) is 9.44 Å². The van der Waals surface area contributed by atoms with Crippen molar-refractivity contribution in [2.45, 2.75) is 11.1 Å². The molecule has 0 aliphatic carbocycles. The Hall–Kier alpha value is -0.680. The second-order valence-corrected chi connectivity index (χ2v) is 8.25. The van der Waals surface area contributed by atoms with Gasteiger partial charge in [0.2, 0.25) is 20.0 Å². The number of hydrogen-bond acceptors (Lipinski definition) is 6. The van der Waals surface area contributed by atoms with Crippen LogP contribution in [0.3, 0.4) is 0 Å². The first kappa shape index (κ1) is 15.4. The molecular weight excluding hydrogens is 298 g/mol. The van der Waals surface area contributed by atoms with Gasteiger partial charge in [0.1, 0.15) is 4.21 Å². The molecule has 0 amide bonds. The van der Waals surface area contributed by atoms with E-state index >= 15 is 0 Å². The Labute approximate surface area is 110 Å². The van der Waals surface area contributed by atoms with E-state index in [0.29, 0.717) is 5.69 Å². The third-order valence-electron chi connectivity index (χ3n) is 1.89. The van der Waals surface area contributed by atoms with Crippen LogP contribution in [0.25, 0.3) is 0 Å². The number of rotatable bonds is 7. The standard InChI is InChI=1S/C8H15N3O4S3/c1-2-10-17(12,13)4-3-11-18(14,15)8-5-7(9)6-16-8/h5-6,10-11H,2-4,9H2,1H3. The molecule has 0 saturated heterocycles. The molecule has 104 valence electrons. The number of anilines is 1. The molecule has 0 bridgehead atoms. The number of thiophene rings is 1. The first-order valence-electron chi connectivity index (χ1n) is 5.08. The van der Waals surface area contributed by atoms with Crippen LogP contribution in [0.1, 0.15) is 6.92 Å². The highest BCUT2D eigenvalue weighted by molar-refractivity contribution is 7.91. The molecule has 0 radical (unpaired) electrons. The van der Waals surface area contributed by atoms with Gasteiger partial charge in [-0.25, -0.2) is 26.3 Å². The Morgan fingerprint density at radius 2 is 1.94 bits per heavy atom. The Morgan fingerprint density at radius 3 is 2.44 bits per heavy atom. The minimum Gasteiger partial charge on any atom is -0.398 e. The molecule has 0 atom stereocenters. The van der Waals surface area contributed by atoms with Gasteiger partial charge in [0, 0.05) is 24.2 Å². The van der Waals surface area contributed by atoms with E-state index in [0.717, 1.165) is 11.3 Å². The van der Waals surface area contributed by atoms with Crippen molar-refractivity contribution >= 4 is 37.1 Å². The molecule has 0 fully saturated rings. The molecule has 7 nitrogen and oxygen atoms in total. The van der Waals surface area contributed by atoms with Gasteiger partial charge in [-0.1, -0.05) is 6.92 Å². The average molecular weight is 313 g/mol. The normalized spacial score (nSPS) is 12.7. The first-order valence-corrected chi connectivity index (χ1v) is 9.09. The van der Waals surface area contributed by atoms with Gasteiger partial charge in [-0.3, -0.25) is 0 Å². The van der Waals surface area contributed by atoms with Crippen molar-refractivity contribution in [3.63, 3.8) is 0 Å². The van der Waals surface area contributed by atoms with E-state index in [1.54, 1.807) is 6.92 Å². The van der Waals surface area contributed by atoms with Gasteiger partial charge in [-0.2, -0.15) is 0 Å². The van der Waals surface area contributed by atoms with Crippen molar-refractivity contribution in [1.29, 1.82) is 0 Å². The molecule has 0 aliphatic heterocycles. The van der Waals surface area contributed by atoms with E-state index in [2.05, 4.69) is 9.44 Å². The van der Waals surface area contributed by atoms with Crippen LogP contribution in [0.15, 0.2) is 15.7 Å². The summed E-state index contributed by atoms with van der Waals surface area (Å²) in [5.41, 5.74) is 5.79. The van der Waals surface area contributed by atoms with Gasteiger partial charge >= 0.3 is 0 Å². The lowest BCUT2D eigenvalue weighted by Gasteiger charge is -2.06. The highest BCUT2D eigenvalue weighted by Gasteiger charge is 2.17. The molecular formula is C8H15N3O4S3. The van der Waals surface area contributed by atoms with E-state index in [1.807, 2.05) is 0 Å². The Kier molecular flexibility index (Phi) is 5.10. The van der Waals surface area contributed by atoms with Gasteiger partial charge < -0.3 is 5.73 Å². The molecule has 1 aromatic rings. The van der Waals surface area contributed by atoms with Gasteiger partial charge in [-0.05, 0) is 6.07 Å². The van der Waals surface area contributed by atoms with Crippen molar-refractivity contribution in [2.24, 2.45) is 0 Å². The quantitative estimate of drug-likeness (QED) is 0.630. The van der Waals surface area contributed by atoms with E-state index in [1.165, 1.54) is 11.4 Å². The van der Waals surface area contributed by atoms with E-state index in [9.17, 15) is 16.8 Å². The largest absolute Gasteiger partial charge is 0.398 e. The van der Waals surface area contributed by atoms with Gasteiger partial charge in [-0.15, -0.1) is 11.3 Å². The highest BCUT2D eigenvalue weighted by Crippen LogP contribution is 2.20. The molecule has 1 heterocycles. The molecule has 0 unspecified atom stereocenters. The lowest BCUT2D eigenvalue weighted by atomic mass is 10.6. The van der Waals surface area contributed by atoms with Crippen LogP contribution >= 0.6 is 11.3 Å². The fourth-order valence-corrected chi connectivity index (χ4v) is 4.39. The fourth-order valence-electron chi connectivity index (χ4n) is 1.14. The summed E-state index contributed by atoms with van der Waals surface area (Å²) in [7, 11) is -7.11. The summed E-state index contributed by atoms with van der Waals surface area (Å²) >= 11 is 0.984. The van der Waals surface area contributed by atoms with Gasteiger partial charge in [0.25, 0.3) is 0 Å². The summed E-state index contributed by atoms with van der Waals surface area (Å²) in [6.45, 7) is 1.74. The number of nitrogens with one attached hydrogen (secondary N) is 2. The average Bonchev–Trinajstić information content (AvgIpc) is 2.64. The summed E-state index contributed by atoms with van der Waals surface area (Å²) in [6, 6.07) is 1.33. The van der Waals surface area contributed by atoms with Crippen LogP contribution in [-0.2, 0) is 20.0 Å². The predicted molar refractivity (Wildman–Crippen MR) is 71.4 cm³/mol. The van der Waals surface area contributed by atoms with E-state index in [4.69, 9.17) is 5.73 Å². The maximum atomic E-state index is 11.7. The topological polar surface area (TPSA) is 118 Å². The molecule has 1 aromatic heterocycles. The monoisotopic (exact) mass is 313 g/mol. The molecule has 1 rings (SSSR count). The second-order valence-electron chi connectivity index (χ2n) is 3.41. The molecule has 10 heteroatoms. The van der Waals surface area contributed by atoms with Crippen LogP contribution in [0.4, 0.5) is 5.69 Å². The van der Waals surface area contributed by atoms with Crippen molar-refractivity contribution in [2.75, 3.05) is 24.6 Å². The number of sulfonamides is 2. The van der Waals surface area contributed by atoms with Crippen molar-refractivity contribution in [3.05, 3.63) is 11.4 Å². The smallest absolute Gasteiger partial charge is 0.250 e. The Morgan fingerprint density at radius 1 is 1.28 bits per heavy atom. The lowest BCUT2D eigenvalue weighted by molar-refractivity contribution is 0.577. The predicted octanol–water partition coefficient (Wildman–Crippen LogP) is -0.452. The first-order chi connectivity index (χ1) is 8.27. The van der Waals surface area contributed by atoms with Gasteiger partial charge in [0.15, 0.2) is 0 Å². The number of hydrogen-bond donors (Lipinski definition) is 3. The van der Waals surface area contributed by atoms with Crippen LogP contribution < -0.4 is 15.2 Å². The SMILES string of the molecule is CCNS(=O)(=O)CCNS(=O)(=O)c1cc(N)cs1. The summed E-state index contributed by atoms with van der Waals surface area (Å²) < 4.78 is 50.6. The minimum atomic E-state index is -3.68. The van der Waals surface area contributed by atoms with Crippen molar-refractivity contribution in [3.8, 4) is 0 Å². The zero-order chi connectivity index (χ0) is 13.8. The van der Waals surface area contributed by atoms with Crippen LogP contribution in [0.2, 0.25) is 0 Å². The van der Waals surface area contributed by atoms with Crippen LogP contribution in [0.5, 0.6) is 0 Å². The van der Waals surface area contributed by atoms with Crippen LogP contribution in [0, 0.1) is 0 Å². The second kappa shape index (κ2) is 5.97.